The Balaban J connectivity index is 1.82. The number of carboxylic acids is 1. The molecular formula is C26H52NO3+. The molecule has 0 aromatic carbocycles. The van der Waals surface area contributed by atoms with Crippen LogP contribution < -0.4 is 0 Å². The Labute approximate surface area is 187 Å². The van der Waals surface area contributed by atoms with Crippen LogP contribution in [-0.2, 0) is 9.53 Å². The zero-order valence-electron chi connectivity index (χ0n) is 20.2. The first-order valence-electron chi connectivity index (χ1n) is 13.3. The zero-order valence-corrected chi connectivity index (χ0v) is 20.2. The van der Waals surface area contributed by atoms with Crippen molar-refractivity contribution >= 4 is 5.97 Å². The van der Waals surface area contributed by atoms with E-state index >= 15 is 0 Å². The molecule has 0 bridgehead atoms. The molecule has 1 heterocycles. The van der Waals surface area contributed by atoms with Gasteiger partial charge in [0.05, 0.1) is 19.7 Å². The normalized spacial score (nSPS) is 16.0. The van der Waals surface area contributed by atoms with E-state index in [-0.39, 0.29) is 6.54 Å². The molecule has 0 unspecified atom stereocenters. The maximum Gasteiger partial charge on any atom is 0.359 e. The van der Waals surface area contributed by atoms with Crippen molar-refractivity contribution in [2.24, 2.45) is 0 Å². The number of quaternary nitrogens is 1. The summed E-state index contributed by atoms with van der Waals surface area (Å²) in [5.41, 5.74) is 0. The van der Waals surface area contributed by atoms with Gasteiger partial charge in [0.25, 0.3) is 0 Å². The van der Waals surface area contributed by atoms with E-state index in [1.807, 2.05) is 0 Å². The van der Waals surface area contributed by atoms with Gasteiger partial charge in [-0.25, -0.2) is 4.79 Å². The largest absolute Gasteiger partial charge is 0.477 e. The molecule has 0 aromatic rings. The van der Waals surface area contributed by atoms with Gasteiger partial charge >= 0.3 is 5.97 Å². The van der Waals surface area contributed by atoms with Crippen molar-refractivity contribution in [1.29, 1.82) is 0 Å². The second kappa shape index (κ2) is 19.1. The summed E-state index contributed by atoms with van der Waals surface area (Å²) in [4.78, 5) is 11.2. The number of piperidine rings is 1. The van der Waals surface area contributed by atoms with Crippen LogP contribution in [0.5, 0.6) is 0 Å². The van der Waals surface area contributed by atoms with Crippen molar-refractivity contribution in [3.8, 4) is 0 Å². The Morgan fingerprint density at radius 3 is 1.57 bits per heavy atom. The molecular weight excluding hydrogens is 374 g/mol. The van der Waals surface area contributed by atoms with Gasteiger partial charge in [-0.2, -0.15) is 0 Å². The van der Waals surface area contributed by atoms with Crippen LogP contribution in [0.2, 0.25) is 0 Å². The van der Waals surface area contributed by atoms with Gasteiger partial charge in [0.15, 0.2) is 13.3 Å². The van der Waals surface area contributed by atoms with Gasteiger partial charge < -0.3 is 9.84 Å². The third-order valence-electron chi connectivity index (χ3n) is 6.74. The predicted molar refractivity (Wildman–Crippen MR) is 127 cm³/mol. The SMILES string of the molecule is CCCCCCCCCCCCCCCCCCOC[N+]1(CC(=O)O)CCCCC1. The van der Waals surface area contributed by atoms with E-state index in [0.29, 0.717) is 11.2 Å². The van der Waals surface area contributed by atoms with Crippen LogP contribution in [0, 0.1) is 0 Å². The molecule has 0 aliphatic carbocycles. The highest BCUT2D eigenvalue weighted by molar-refractivity contribution is 5.67. The van der Waals surface area contributed by atoms with Gasteiger partial charge in [0.2, 0.25) is 0 Å². The van der Waals surface area contributed by atoms with Gasteiger partial charge in [-0.3, -0.25) is 4.48 Å². The van der Waals surface area contributed by atoms with E-state index in [0.717, 1.165) is 39.0 Å². The van der Waals surface area contributed by atoms with Crippen LogP contribution >= 0.6 is 0 Å². The van der Waals surface area contributed by atoms with Crippen molar-refractivity contribution in [2.45, 2.75) is 129 Å². The Kier molecular flexibility index (Phi) is 17.5. The van der Waals surface area contributed by atoms with Crippen LogP contribution in [0.1, 0.15) is 129 Å². The highest BCUT2D eigenvalue weighted by Crippen LogP contribution is 2.19. The van der Waals surface area contributed by atoms with Crippen LogP contribution in [0.15, 0.2) is 0 Å². The smallest absolute Gasteiger partial charge is 0.359 e. The first-order chi connectivity index (χ1) is 14.7. The average Bonchev–Trinajstić information content (AvgIpc) is 2.73. The molecule has 0 spiro atoms. The van der Waals surface area contributed by atoms with E-state index in [1.165, 1.54) is 103 Å². The second-order valence-corrected chi connectivity index (χ2v) is 9.74. The number of aliphatic carboxylic acids is 1. The summed E-state index contributed by atoms with van der Waals surface area (Å²) in [7, 11) is 0. The van der Waals surface area contributed by atoms with Crippen molar-refractivity contribution in [1.82, 2.24) is 0 Å². The fraction of sp³-hybridized carbons (Fsp3) is 0.962. The number of likely N-dealkylation sites (tertiary alicyclic amines) is 1. The summed E-state index contributed by atoms with van der Waals surface area (Å²) in [6.45, 7) is 5.81. The fourth-order valence-electron chi connectivity index (χ4n) is 4.81. The highest BCUT2D eigenvalue weighted by atomic mass is 16.5. The Morgan fingerprint density at radius 2 is 1.13 bits per heavy atom. The van der Waals surface area contributed by atoms with Crippen LogP contribution in [0.4, 0.5) is 0 Å². The second-order valence-electron chi connectivity index (χ2n) is 9.74. The maximum atomic E-state index is 11.2. The molecule has 4 nitrogen and oxygen atoms in total. The van der Waals surface area contributed by atoms with Crippen LogP contribution in [-0.4, -0.2) is 48.5 Å². The van der Waals surface area contributed by atoms with E-state index in [2.05, 4.69) is 6.92 Å². The number of unbranched alkanes of at least 4 members (excludes halogenated alkanes) is 15. The molecule has 0 aromatic heterocycles. The predicted octanol–water partition coefficient (Wildman–Crippen LogP) is 7.31. The van der Waals surface area contributed by atoms with E-state index in [4.69, 9.17) is 4.74 Å². The lowest BCUT2D eigenvalue weighted by Crippen LogP contribution is -2.55. The third-order valence-corrected chi connectivity index (χ3v) is 6.74. The fourth-order valence-corrected chi connectivity index (χ4v) is 4.81. The van der Waals surface area contributed by atoms with Gasteiger partial charge in [-0.15, -0.1) is 0 Å². The minimum atomic E-state index is -0.692. The van der Waals surface area contributed by atoms with Crippen molar-refractivity contribution in [3.63, 3.8) is 0 Å². The molecule has 1 fully saturated rings. The molecule has 0 atom stereocenters. The molecule has 4 heteroatoms. The topological polar surface area (TPSA) is 46.5 Å². The first kappa shape index (κ1) is 27.4. The lowest BCUT2D eigenvalue weighted by atomic mass is 10.0. The molecule has 1 aliphatic rings. The monoisotopic (exact) mass is 426 g/mol. The van der Waals surface area contributed by atoms with Crippen molar-refractivity contribution in [2.75, 3.05) is 33.0 Å². The average molecular weight is 427 g/mol. The van der Waals surface area contributed by atoms with Gasteiger partial charge in [-0.1, -0.05) is 103 Å². The Morgan fingerprint density at radius 1 is 0.700 bits per heavy atom. The Bertz CT molecular complexity index is 394. The molecule has 0 radical (unpaired) electrons. The third kappa shape index (κ3) is 15.2. The summed E-state index contributed by atoms with van der Waals surface area (Å²) in [5, 5.41) is 9.21. The minimum absolute atomic E-state index is 0.221. The quantitative estimate of drug-likeness (QED) is 0.155. The van der Waals surface area contributed by atoms with Crippen molar-refractivity contribution in [3.05, 3.63) is 0 Å². The van der Waals surface area contributed by atoms with Gasteiger partial charge in [-0.05, 0) is 25.7 Å². The van der Waals surface area contributed by atoms with Gasteiger partial charge in [0, 0.05) is 0 Å². The van der Waals surface area contributed by atoms with E-state index in [1.54, 1.807) is 0 Å². The Hall–Kier alpha value is -0.610. The van der Waals surface area contributed by atoms with Crippen LogP contribution in [0.25, 0.3) is 0 Å². The molecule has 178 valence electrons. The molecule has 0 saturated carbocycles. The number of hydrogen-bond acceptors (Lipinski definition) is 2. The van der Waals surface area contributed by atoms with Crippen LogP contribution in [0.3, 0.4) is 0 Å². The summed E-state index contributed by atoms with van der Waals surface area (Å²) in [6, 6.07) is 0. The van der Waals surface area contributed by atoms with E-state index < -0.39 is 5.97 Å². The molecule has 1 aliphatic heterocycles. The first-order valence-corrected chi connectivity index (χ1v) is 13.3. The minimum Gasteiger partial charge on any atom is -0.477 e. The highest BCUT2D eigenvalue weighted by Gasteiger charge is 2.32. The number of nitrogens with zero attached hydrogens (tertiary/aromatic N) is 1. The lowest BCUT2D eigenvalue weighted by molar-refractivity contribution is -0.943. The summed E-state index contributed by atoms with van der Waals surface area (Å²) in [6.07, 6.45) is 25.6. The number of rotatable bonds is 21. The number of hydrogen-bond donors (Lipinski definition) is 1. The van der Waals surface area contributed by atoms with Gasteiger partial charge in [0.1, 0.15) is 0 Å². The molecule has 1 rings (SSSR count). The molecule has 1 saturated heterocycles. The standard InChI is InChI=1S/C26H51NO3/c1-2-3-4-5-6-7-8-9-10-11-12-13-14-15-16-20-23-30-25-27(24-26(28)29)21-18-17-19-22-27/h2-25H2,1H3/p+1. The summed E-state index contributed by atoms with van der Waals surface area (Å²) >= 11 is 0. The maximum absolute atomic E-state index is 11.2. The molecule has 30 heavy (non-hydrogen) atoms. The van der Waals surface area contributed by atoms with E-state index in [9.17, 15) is 9.90 Å². The number of carbonyl (C=O) groups is 1. The summed E-state index contributed by atoms with van der Waals surface area (Å²) < 4.78 is 6.54. The molecule has 0 amide bonds. The summed E-state index contributed by atoms with van der Waals surface area (Å²) in [5.74, 6) is -0.692. The molecule has 1 N–H and O–H groups in total. The lowest BCUT2D eigenvalue weighted by Gasteiger charge is -2.39. The van der Waals surface area contributed by atoms with Crippen molar-refractivity contribution < 1.29 is 19.1 Å². The zero-order chi connectivity index (χ0) is 21.8. The number of carboxylic acid groups (broad SMARTS) is 1. The number of ether oxygens (including phenoxy) is 1.